The Morgan fingerprint density at radius 3 is 2.39 bits per heavy atom. The summed E-state index contributed by atoms with van der Waals surface area (Å²) in [5, 5.41) is 9.27. The molecule has 3 fully saturated rings. The fraction of sp³-hybridized carbons (Fsp3) is 0.708. The van der Waals surface area contributed by atoms with Crippen molar-refractivity contribution in [3.8, 4) is 0 Å². The van der Waals surface area contributed by atoms with E-state index in [1.54, 1.807) is 0 Å². The van der Waals surface area contributed by atoms with Gasteiger partial charge in [0.25, 0.3) is 0 Å². The van der Waals surface area contributed by atoms with Gasteiger partial charge in [0.2, 0.25) is 0 Å². The van der Waals surface area contributed by atoms with Crippen molar-refractivity contribution < 1.29 is 14.6 Å². The molecule has 1 aromatic carbocycles. The van der Waals surface area contributed by atoms with E-state index in [2.05, 4.69) is 52.6 Å². The van der Waals surface area contributed by atoms with Crippen LogP contribution in [0.5, 0.6) is 0 Å². The van der Waals surface area contributed by atoms with Crippen LogP contribution in [0.2, 0.25) is 0 Å². The number of rotatable bonds is 6. The van der Waals surface area contributed by atoms with E-state index in [0.29, 0.717) is 12.5 Å². The van der Waals surface area contributed by atoms with Crippen molar-refractivity contribution in [3.63, 3.8) is 0 Å². The SMILES string of the molecule is Cc1cc(C)c(CN2C[C@H]3COC[C@@H]2CN(CC(=O)O)C3)cc1CN1CCN(C)CC1. The highest BCUT2D eigenvalue weighted by Crippen LogP contribution is 2.25. The number of likely N-dealkylation sites (N-methyl/N-ethyl adjacent to an activating group) is 1. The first-order valence-corrected chi connectivity index (χ1v) is 11.6. The summed E-state index contributed by atoms with van der Waals surface area (Å²) < 4.78 is 5.94. The van der Waals surface area contributed by atoms with Crippen LogP contribution < -0.4 is 0 Å². The van der Waals surface area contributed by atoms with E-state index in [0.717, 1.165) is 65.5 Å². The number of hydrogen-bond acceptors (Lipinski definition) is 6. The zero-order valence-electron chi connectivity index (χ0n) is 19.3. The number of carboxylic acid groups (broad SMARTS) is 1. The van der Waals surface area contributed by atoms with Crippen molar-refractivity contribution in [1.29, 1.82) is 0 Å². The van der Waals surface area contributed by atoms with E-state index in [-0.39, 0.29) is 12.6 Å². The smallest absolute Gasteiger partial charge is 0.317 e. The first kappa shape index (κ1) is 22.7. The summed E-state index contributed by atoms with van der Waals surface area (Å²) in [4.78, 5) is 20.9. The molecule has 3 aliphatic rings. The first-order chi connectivity index (χ1) is 14.9. The van der Waals surface area contributed by atoms with Crippen LogP contribution in [0, 0.1) is 19.8 Å². The quantitative estimate of drug-likeness (QED) is 0.729. The van der Waals surface area contributed by atoms with E-state index in [9.17, 15) is 9.90 Å². The molecule has 3 saturated heterocycles. The van der Waals surface area contributed by atoms with Crippen molar-refractivity contribution in [2.75, 3.05) is 72.6 Å². The predicted molar refractivity (Wildman–Crippen MR) is 121 cm³/mol. The normalized spacial score (nSPS) is 26.7. The lowest BCUT2D eigenvalue weighted by atomic mass is 9.98. The predicted octanol–water partition coefficient (Wildman–Crippen LogP) is 1.27. The van der Waals surface area contributed by atoms with Crippen molar-refractivity contribution in [2.24, 2.45) is 5.92 Å². The maximum absolute atomic E-state index is 11.3. The molecule has 0 aromatic heterocycles. The lowest BCUT2D eigenvalue weighted by Gasteiger charge is -2.33. The molecule has 1 N–H and O–H groups in total. The molecule has 0 spiro atoms. The van der Waals surface area contributed by atoms with Crippen LogP contribution in [0.25, 0.3) is 0 Å². The molecule has 2 bridgehead atoms. The number of aryl methyl sites for hydroxylation is 2. The summed E-state index contributed by atoms with van der Waals surface area (Å²) in [6, 6.07) is 5.01. The maximum Gasteiger partial charge on any atom is 0.317 e. The summed E-state index contributed by atoms with van der Waals surface area (Å²) in [6.45, 7) is 15.0. The lowest BCUT2D eigenvalue weighted by Crippen LogP contribution is -2.45. The number of piperazine rings is 1. The number of benzene rings is 1. The van der Waals surface area contributed by atoms with Crippen LogP contribution in [0.4, 0.5) is 0 Å². The number of hydrogen-bond donors (Lipinski definition) is 1. The van der Waals surface area contributed by atoms with Gasteiger partial charge in [0.1, 0.15) is 0 Å². The average molecular weight is 431 g/mol. The topological polar surface area (TPSA) is 59.5 Å². The number of fused-ring (bicyclic) bond motifs is 3. The standard InChI is InChI=1S/C24H38N4O3/c1-18-8-19(2)22(9-21(18)12-26-6-4-25(3)5-7-26)13-28-11-20-10-27(15-24(29)30)14-23(28)17-31-16-20/h8-9,20,23H,4-7,10-17H2,1-3H3,(H,29,30)/t20-,23-/m0/s1. The second kappa shape index (κ2) is 9.96. The monoisotopic (exact) mass is 430 g/mol. The fourth-order valence-electron chi connectivity index (χ4n) is 5.29. The van der Waals surface area contributed by atoms with Crippen LogP contribution in [0.15, 0.2) is 12.1 Å². The summed E-state index contributed by atoms with van der Waals surface area (Å²) in [5.41, 5.74) is 5.56. The number of aliphatic carboxylic acids is 1. The van der Waals surface area contributed by atoms with Crippen molar-refractivity contribution in [2.45, 2.75) is 33.0 Å². The van der Waals surface area contributed by atoms with E-state index < -0.39 is 5.97 Å². The van der Waals surface area contributed by atoms with Gasteiger partial charge >= 0.3 is 5.97 Å². The molecule has 4 rings (SSSR count). The molecule has 2 atom stereocenters. The van der Waals surface area contributed by atoms with E-state index in [4.69, 9.17) is 4.74 Å². The molecule has 0 saturated carbocycles. The maximum atomic E-state index is 11.3. The minimum atomic E-state index is -0.740. The molecule has 3 aliphatic heterocycles. The Morgan fingerprint density at radius 2 is 1.68 bits per heavy atom. The molecule has 0 aliphatic carbocycles. The minimum absolute atomic E-state index is 0.125. The van der Waals surface area contributed by atoms with Gasteiger partial charge in [-0.1, -0.05) is 12.1 Å². The average Bonchev–Trinajstić information content (AvgIpc) is 2.96. The summed E-state index contributed by atoms with van der Waals surface area (Å²) in [5.74, 6) is -0.377. The second-order valence-electron chi connectivity index (χ2n) is 9.86. The molecule has 7 nitrogen and oxygen atoms in total. The summed E-state index contributed by atoms with van der Waals surface area (Å²) in [7, 11) is 2.20. The molecule has 172 valence electrons. The Balaban J connectivity index is 1.48. The van der Waals surface area contributed by atoms with Crippen molar-refractivity contribution in [1.82, 2.24) is 19.6 Å². The van der Waals surface area contributed by atoms with E-state index >= 15 is 0 Å². The molecular formula is C24H38N4O3. The molecule has 3 heterocycles. The fourth-order valence-corrected chi connectivity index (χ4v) is 5.29. The van der Waals surface area contributed by atoms with Gasteiger partial charge in [0, 0.05) is 70.9 Å². The molecular weight excluding hydrogens is 392 g/mol. The molecule has 7 heteroatoms. The molecule has 0 unspecified atom stereocenters. The Hall–Kier alpha value is -1.51. The van der Waals surface area contributed by atoms with Crippen LogP contribution in [0.1, 0.15) is 22.3 Å². The van der Waals surface area contributed by atoms with Crippen LogP contribution in [0.3, 0.4) is 0 Å². The van der Waals surface area contributed by atoms with Crippen LogP contribution in [-0.4, -0.2) is 109 Å². The Labute approximate surface area is 186 Å². The van der Waals surface area contributed by atoms with Gasteiger partial charge in [0.05, 0.1) is 19.8 Å². The third-order valence-corrected chi connectivity index (χ3v) is 7.17. The van der Waals surface area contributed by atoms with Crippen LogP contribution in [-0.2, 0) is 22.6 Å². The third-order valence-electron chi connectivity index (χ3n) is 7.17. The van der Waals surface area contributed by atoms with Crippen molar-refractivity contribution in [3.05, 3.63) is 34.4 Å². The highest BCUT2D eigenvalue weighted by molar-refractivity contribution is 5.69. The summed E-state index contributed by atoms with van der Waals surface area (Å²) in [6.07, 6.45) is 0. The zero-order valence-corrected chi connectivity index (χ0v) is 19.3. The van der Waals surface area contributed by atoms with Gasteiger partial charge in [-0.25, -0.2) is 0 Å². The Bertz CT molecular complexity index is 778. The van der Waals surface area contributed by atoms with E-state index in [1.165, 1.54) is 22.3 Å². The van der Waals surface area contributed by atoms with Gasteiger partial charge in [-0.3, -0.25) is 19.5 Å². The van der Waals surface area contributed by atoms with Gasteiger partial charge in [-0.05, 0) is 43.1 Å². The van der Waals surface area contributed by atoms with Crippen molar-refractivity contribution >= 4 is 5.97 Å². The lowest BCUT2D eigenvalue weighted by molar-refractivity contribution is -0.138. The molecule has 31 heavy (non-hydrogen) atoms. The molecule has 0 amide bonds. The number of carboxylic acids is 1. The van der Waals surface area contributed by atoms with Gasteiger partial charge in [0.15, 0.2) is 0 Å². The number of nitrogens with zero attached hydrogens (tertiary/aromatic N) is 4. The van der Waals surface area contributed by atoms with Gasteiger partial charge in [-0.2, -0.15) is 0 Å². The highest BCUT2D eigenvalue weighted by atomic mass is 16.5. The molecule has 1 aromatic rings. The largest absolute Gasteiger partial charge is 0.480 e. The van der Waals surface area contributed by atoms with E-state index in [1.807, 2.05) is 0 Å². The van der Waals surface area contributed by atoms with Gasteiger partial charge in [-0.15, -0.1) is 0 Å². The highest BCUT2D eigenvalue weighted by Gasteiger charge is 2.34. The third kappa shape index (κ3) is 5.84. The minimum Gasteiger partial charge on any atom is -0.480 e. The summed E-state index contributed by atoms with van der Waals surface area (Å²) >= 11 is 0. The Kier molecular flexibility index (Phi) is 7.29. The Morgan fingerprint density at radius 1 is 0.968 bits per heavy atom. The molecule has 0 radical (unpaired) electrons. The zero-order chi connectivity index (χ0) is 22.0. The number of carbonyl (C=O) groups is 1. The first-order valence-electron chi connectivity index (χ1n) is 11.6. The number of ether oxygens (including phenoxy) is 1. The van der Waals surface area contributed by atoms with Gasteiger partial charge < -0.3 is 14.7 Å². The van der Waals surface area contributed by atoms with Crippen LogP contribution >= 0.6 is 0 Å². The second-order valence-corrected chi connectivity index (χ2v) is 9.86.